The number of terminal acetylenes is 1. The number of carboxylic acid groups (broad SMARTS) is 1. The number of ether oxygens (including phenoxy) is 2. The molecule has 0 spiro atoms. The number of aliphatic carboxylic acids is 1. The molecule has 0 radical (unpaired) electrons. The Morgan fingerprint density at radius 2 is 2.10 bits per heavy atom. The number of hydrogen-bond donors (Lipinski definition) is 1. The van der Waals surface area contributed by atoms with E-state index < -0.39 is 30.1 Å². The summed E-state index contributed by atoms with van der Waals surface area (Å²) in [5.74, 6) is -3.51. The van der Waals surface area contributed by atoms with Gasteiger partial charge in [-0.15, -0.1) is 6.42 Å². The number of carbonyl (C=O) groups is 1. The van der Waals surface area contributed by atoms with Crippen LogP contribution in [0.15, 0.2) is 29.8 Å². The zero-order chi connectivity index (χ0) is 15.7. The molecule has 0 aromatic heterocycles. The van der Waals surface area contributed by atoms with Crippen LogP contribution in [0, 0.1) is 12.3 Å². The highest BCUT2D eigenvalue weighted by atomic mass is 19.4. The van der Waals surface area contributed by atoms with Gasteiger partial charge >= 0.3 is 17.9 Å². The number of rotatable bonds is 3. The van der Waals surface area contributed by atoms with Gasteiger partial charge in [-0.25, -0.2) is 4.79 Å². The highest BCUT2D eigenvalue weighted by Gasteiger charge is 2.65. The fourth-order valence-electron chi connectivity index (χ4n) is 1.90. The van der Waals surface area contributed by atoms with E-state index in [1.165, 1.54) is 18.2 Å². The quantitative estimate of drug-likeness (QED) is 0.871. The predicted molar refractivity (Wildman–Crippen MR) is 66.3 cm³/mol. The molecule has 0 bridgehead atoms. The summed E-state index contributed by atoms with van der Waals surface area (Å²) in [4.78, 5) is 11.2. The highest BCUT2D eigenvalue weighted by Crippen LogP contribution is 2.46. The molecule has 1 atom stereocenters. The van der Waals surface area contributed by atoms with Crippen molar-refractivity contribution < 1.29 is 32.5 Å². The summed E-state index contributed by atoms with van der Waals surface area (Å²) in [5, 5.41) is 9.08. The van der Waals surface area contributed by atoms with Gasteiger partial charge in [0, 0.05) is 5.56 Å². The molecule has 1 aromatic rings. The lowest BCUT2D eigenvalue weighted by Gasteiger charge is -2.38. The van der Waals surface area contributed by atoms with E-state index in [2.05, 4.69) is 4.74 Å². The second-order valence-electron chi connectivity index (χ2n) is 4.11. The molecule has 21 heavy (non-hydrogen) atoms. The fraction of sp³-hybridized carbons (Fsp3) is 0.214. The van der Waals surface area contributed by atoms with Gasteiger partial charge in [0.1, 0.15) is 17.9 Å². The molecule has 0 aliphatic carbocycles. The molecule has 0 fully saturated rings. The molecule has 1 heterocycles. The third-order valence-corrected chi connectivity index (χ3v) is 2.79. The SMILES string of the molecule is C#CCO[C@@]1(C(F)(F)F)Oc2ccccc2C=C1C(=O)O. The van der Waals surface area contributed by atoms with Crippen molar-refractivity contribution in [1.29, 1.82) is 0 Å². The first-order chi connectivity index (χ1) is 9.82. The second kappa shape index (κ2) is 5.14. The van der Waals surface area contributed by atoms with Crippen molar-refractivity contribution >= 4 is 12.0 Å². The second-order valence-corrected chi connectivity index (χ2v) is 4.11. The molecule has 0 saturated carbocycles. The van der Waals surface area contributed by atoms with Crippen LogP contribution in [0.2, 0.25) is 0 Å². The van der Waals surface area contributed by atoms with E-state index in [-0.39, 0.29) is 11.3 Å². The average molecular weight is 298 g/mol. The van der Waals surface area contributed by atoms with Gasteiger partial charge in [-0.1, -0.05) is 24.1 Å². The summed E-state index contributed by atoms with van der Waals surface area (Å²) in [6, 6.07) is 5.71. The number of alkyl halides is 3. The van der Waals surface area contributed by atoms with Crippen molar-refractivity contribution in [1.82, 2.24) is 0 Å². The molecule has 2 rings (SSSR count). The van der Waals surface area contributed by atoms with Crippen LogP contribution in [0.1, 0.15) is 5.56 Å². The molecule has 1 aliphatic heterocycles. The van der Waals surface area contributed by atoms with Crippen LogP contribution in [-0.2, 0) is 9.53 Å². The Balaban J connectivity index is 2.64. The van der Waals surface area contributed by atoms with Crippen LogP contribution in [-0.4, -0.2) is 29.6 Å². The van der Waals surface area contributed by atoms with Gasteiger partial charge in [0.25, 0.3) is 0 Å². The monoisotopic (exact) mass is 298 g/mol. The first-order valence-corrected chi connectivity index (χ1v) is 5.69. The average Bonchev–Trinajstić information content (AvgIpc) is 2.42. The van der Waals surface area contributed by atoms with Gasteiger partial charge in [-0.3, -0.25) is 0 Å². The maximum absolute atomic E-state index is 13.4. The summed E-state index contributed by atoms with van der Waals surface area (Å²) in [5.41, 5.74) is -0.872. The Morgan fingerprint density at radius 3 is 2.67 bits per heavy atom. The molecule has 1 N–H and O–H groups in total. The first kappa shape index (κ1) is 14.9. The number of benzene rings is 1. The van der Waals surface area contributed by atoms with E-state index in [0.717, 1.165) is 6.08 Å². The molecule has 7 heteroatoms. The Morgan fingerprint density at radius 1 is 1.43 bits per heavy atom. The van der Waals surface area contributed by atoms with Crippen molar-refractivity contribution in [3.63, 3.8) is 0 Å². The van der Waals surface area contributed by atoms with E-state index >= 15 is 0 Å². The molecular weight excluding hydrogens is 289 g/mol. The Hall–Kier alpha value is -2.46. The summed E-state index contributed by atoms with van der Waals surface area (Å²) >= 11 is 0. The van der Waals surface area contributed by atoms with Crippen molar-refractivity contribution in [2.75, 3.05) is 6.61 Å². The highest BCUT2D eigenvalue weighted by molar-refractivity contribution is 5.95. The summed E-state index contributed by atoms with van der Waals surface area (Å²) < 4.78 is 49.7. The number of hydrogen-bond acceptors (Lipinski definition) is 3. The van der Waals surface area contributed by atoms with Gasteiger partial charge in [-0.2, -0.15) is 13.2 Å². The standard InChI is InChI=1S/C14H9F3O4/c1-2-7-20-13(14(15,16)17)10(12(18)19)8-9-5-3-4-6-11(9)21-13/h1,3-6,8H,7H2,(H,18,19)/t13-/m1/s1. The summed E-state index contributed by atoms with van der Waals surface area (Å²) in [7, 11) is 0. The zero-order valence-electron chi connectivity index (χ0n) is 10.5. The van der Waals surface area contributed by atoms with E-state index in [1.807, 2.05) is 5.92 Å². The van der Waals surface area contributed by atoms with Crippen LogP contribution >= 0.6 is 0 Å². The summed E-state index contributed by atoms with van der Waals surface area (Å²) in [6.45, 7) is -0.758. The van der Waals surface area contributed by atoms with Gasteiger partial charge in [-0.05, 0) is 12.1 Å². The van der Waals surface area contributed by atoms with Crippen molar-refractivity contribution in [3.8, 4) is 18.1 Å². The van der Waals surface area contributed by atoms with Crippen LogP contribution in [0.5, 0.6) is 5.75 Å². The van der Waals surface area contributed by atoms with E-state index in [1.54, 1.807) is 6.07 Å². The Bertz CT molecular complexity index is 642. The molecule has 0 amide bonds. The number of halogens is 3. The van der Waals surface area contributed by atoms with E-state index in [4.69, 9.17) is 16.3 Å². The molecule has 4 nitrogen and oxygen atoms in total. The molecule has 0 saturated heterocycles. The topological polar surface area (TPSA) is 55.8 Å². The van der Waals surface area contributed by atoms with Crippen LogP contribution in [0.4, 0.5) is 13.2 Å². The minimum atomic E-state index is -5.12. The lowest BCUT2D eigenvalue weighted by molar-refractivity contribution is -0.330. The Labute approximate surface area is 117 Å². The number of fused-ring (bicyclic) bond motifs is 1. The van der Waals surface area contributed by atoms with Crippen LogP contribution in [0.25, 0.3) is 6.08 Å². The third-order valence-electron chi connectivity index (χ3n) is 2.79. The minimum Gasteiger partial charge on any atom is -0.478 e. The van der Waals surface area contributed by atoms with Gasteiger partial charge in [0.2, 0.25) is 0 Å². The lowest BCUT2D eigenvalue weighted by atomic mass is 9.98. The number of carboxylic acids is 1. The van der Waals surface area contributed by atoms with E-state index in [0.29, 0.717) is 0 Å². The predicted octanol–water partition coefficient (Wildman–Crippen LogP) is 2.46. The molecule has 110 valence electrons. The number of para-hydroxylation sites is 1. The fourth-order valence-corrected chi connectivity index (χ4v) is 1.90. The van der Waals surface area contributed by atoms with Gasteiger partial charge in [0.05, 0.1) is 0 Å². The maximum Gasteiger partial charge on any atom is 0.460 e. The molecule has 1 aromatic carbocycles. The maximum atomic E-state index is 13.4. The summed E-state index contributed by atoms with van der Waals surface area (Å²) in [6.07, 6.45) is 0.642. The van der Waals surface area contributed by atoms with Crippen LogP contribution < -0.4 is 4.74 Å². The largest absolute Gasteiger partial charge is 0.478 e. The first-order valence-electron chi connectivity index (χ1n) is 5.69. The van der Waals surface area contributed by atoms with Crippen molar-refractivity contribution in [2.24, 2.45) is 0 Å². The van der Waals surface area contributed by atoms with Crippen molar-refractivity contribution in [3.05, 3.63) is 35.4 Å². The lowest BCUT2D eigenvalue weighted by Crippen LogP contribution is -2.57. The normalized spacial score (nSPS) is 20.8. The third kappa shape index (κ3) is 2.45. The van der Waals surface area contributed by atoms with Gasteiger partial charge < -0.3 is 14.6 Å². The zero-order valence-corrected chi connectivity index (χ0v) is 10.5. The Kier molecular flexibility index (Phi) is 3.66. The van der Waals surface area contributed by atoms with Gasteiger partial charge in [0.15, 0.2) is 0 Å². The molecule has 0 unspecified atom stereocenters. The van der Waals surface area contributed by atoms with Crippen LogP contribution in [0.3, 0.4) is 0 Å². The smallest absolute Gasteiger partial charge is 0.460 e. The van der Waals surface area contributed by atoms with Crippen molar-refractivity contribution in [2.45, 2.75) is 12.0 Å². The molecule has 1 aliphatic rings. The molecular formula is C14H9F3O4. The minimum absolute atomic E-state index is 0.142. The van der Waals surface area contributed by atoms with E-state index in [9.17, 15) is 18.0 Å².